The van der Waals surface area contributed by atoms with Gasteiger partial charge in [0.05, 0.1) is 11.4 Å². The summed E-state index contributed by atoms with van der Waals surface area (Å²) in [6, 6.07) is 9.68. The Morgan fingerprint density at radius 3 is 2.17 bits per heavy atom. The first-order valence-electron chi connectivity index (χ1n) is 8.81. The molecule has 1 aromatic rings. The van der Waals surface area contributed by atoms with Crippen LogP contribution in [0.25, 0.3) is 0 Å². The Bertz CT molecular complexity index is 588. The van der Waals surface area contributed by atoms with Crippen molar-refractivity contribution in [1.29, 1.82) is 0 Å². The molecule has 1 saturated carbocycles. The van der Waals surface area contributed by atoms with Crippen LogP contribution in [0.3, 0.4) is 0 Å². The minimum absolute atomic E-state index is 0.148. The van der Waals surface area contributed by atoms with Crippen molar-refractivity contribution in [2.24, 2.45) is 5.92 Å². The molecule has 1 atom stereocenters. The zero-order valence-electron chi connectivity index (χ0n) is 13.6. The molecule has 1 aromatic carbocycles. The highest BCUT2D eigenvalue weighted by atomic mass is 32.2. The number of hydrogen-bond acceptors (Lipinski definition) is 3. The molecule has 0 radical (unpaired) electrons. The number of aliphatic hydroxyl groups is 1. The summed E-state index contributed by atoms with van der Waals surface area (Å²) < 4.78 is 27.2. The van der Waals surface area contributed by atoms with E-state index in [-0.39, 0.29) is 11.2 Å². The molecule has 23 heavy (non-hydrogen) atoms. The fraction of sp³-hybridized carbons (Fsp3) is 0.667. The highest BCUT2D eigenvalue weighted by Crippen LogP contribution is 2.33. The van der Waals surface area contributed by atoms with Gasteiger partial charge in [-0.25, -0.2) is 12.7 Å². The first kappa shape index (κ1) is 16.9. The van der Waals surface area contributed by atoms with Crippen LogP contribution in [-0.2, 0) is 10.0 Å². The van der Waals surface area contributed by atoms with E-state index in [9.17, 15) is 13.5 Å². The lowest BCUT2D eigenvalue weighted by atomic mass is 9.88. The van der Waals surface area contributed by atoms with E-state index in [0.717, 1.165) is 50.5 Å². The Hall–Kier alpha value is -0.910. The zero-order valence-corrected chi connectivity index (χ0v) is 14.4. The highest BCUT2D eigenvalue weighted by Gasteiger charge is 2.36. The molecule has 0 bridgehead atoms. The quantitative estimate of drug-likeness (QED) is 0.918. The highest BCUT2D eigenvalue weighted by molar-refractivity contribution is 7.89. The summed E-state index contributed by atoms with van der Waals surface area (Å²) >= 11 is 0. The number of benzene rings is 1. The van der Waals surface area contributed by atoms with Crippen molar-refractivity contribution in [3.63, 3.8) is 0 Å². The molecule has 0 spiro atoms. The number of sulfonamides is 1. The van der Waals surface area contributed by atoms with Crippen LogP contribution in [0.2, 0.25) is 0 Å². The SMILES string of the molecule is O=S(=O)(C1CCCCC1)N1CCC(C(O)c2ccccc2)CC1. The lowest BCUT2D eigenvalue weighted by Gasteiger charge is -2.36. The van der Waals surface area contributed by atoms with E-state index in [1.54, 1.807) is 4.31 Å². The van der Waals surface area contributed by atoms with E-state index in [0.29, 0.717) is 13.1 Å². The molecule has 0 amide bonds. The van der Waals surface area contributed by atoms with Crippen LogP contribution in [0.1, 0.15) is 56.6 Å². The van der Waals surface area contributed by atoms with Crippen LogP contribution < -0.4 is 0 Å². The second-order valence-corrected chi connectivity index (χ2v) is 9.11. The largest absolute Gasteiger partial charge is 0.388 e. The maximum Gasteiger partial charge on any atom is 0.216 e. The molecule has 1 heterocycles. The smallest absolute Gasteiger partial charge is 0.216 e. The van der Waals surface area contributed by atoms with Crippen molar-refractivity contribution in [1.82, 2.24) is 4.31 Å². The van der Waals surface area contributed by atoms with Gasteiger partial charge in [0.1, 0.15) is 0 Å². The van der Waals surface area contributed by atoms with E-state index in [1.807, 2.05) is 30.3 Å². The second-order valence-electron chi connectivity index (χ2n) is 6.90. The predicted octanol–water partition coefficient (Wildman–Crippen LogP) is 3.09. The summed E-state index contributed by atoms with van der Waals surface area (Å²) in [5.74, 6) is 0.148. The summed E-state index contributed by atoms with van der Waals surface area (Å²) in [6.07, 6.45) is 5.85. The van der Waals surface area contributed by atoms with Crippen molar-refractivity contribution in [3.8, 4) is 0 Å². The Labute approximate surface area is 139 Å². The first-order chi connectivity index (χ1) is 11.1. The number of rotatable bonds is 4. The van der Waals surface area contributed by atoms with Gasteiger partial charge >= 0.3 is 0 Å². The molecule has 5 heteroatoms. The second kappa shape index (κ2) is 7.32. The molecular formula is C18H27NO3S. The third-order valence-corrected chi connectivity index (χ3v) is 7.82. The van der Waals surface area contributed by atoms with E-state index in [4.69, 9.17) is 0 Å². The monoisotopic (exact) mass is 337 g/mol. The van der Waals surface area contributed by atoms with Crippen LogP contribution in [0.5, 0.6) is 0 Å². The van der Waals surface area contributed by atoms with Gasteiger partial charge in [-0.05, 0) is 37.2 Å². The van der Waals surface area contributed by atoms with Crippen LogP contribution in [0, 0.1) is 5.92 Å². The fourth-order valence-corrected chi connectivity index (χ4v) is 6.01. The molecule has 2 aliphatic rings. The molecular weight excluding hydrogens is 310 g/mol. The molecule has 3 rings (SSSR count). The maximum atomic E-state index is 12.8. The third kappa shape index (κ3) is 3.78. The van der Waals surface area contributed by atoms with Crippen molar-refractivity contribution in [2.75, 3.05) is 13.1 Å². The average molecular weight is 337 g/mol. The number of hydrogen-bond donors (Lipinski definition) is 1. The fourth-order valence-electron chi connectivity index (χ4n) is 3.94. The van der Waals surface area contributed by atoms with Crippen molar-refractivity contribution >= 4 is 10.0 Å². The Morgan fingerprint density at radius 2 is 1.57 bits per heavy atom. The lowest BCUT2D eigenvalue weighted by Crippen LogP contribution is -2.44. The zero-order chi connectivity index (χ0) is 16.3. The van der Waals surface area contributed by atoms with Crippen LogP contribution in [-0.4, -0.2) is 36.2 Å². The van der Waals surface area contributed by atoms with E-state index in [1.165, 1.54) is 0 Å². The summed E-state index contributed by atoms with van der Waals surface area (Å²) in [7, 11) is -3.15. The van der Waals surface area contributed by atoms with Gasteiger partial charge < -0.3 is 5.11 Å². The van der Waals surface area contributed by atoms with Crippen molar-refractivity contribution in [2.45, 2.75) is 56.3 Å². The van der Waals surface area contributed by atoms with Crippen LogP contribution in [0.15, 0.2) is 30.3 Å². The van der Waals surface area contributed by atoms with Gasteiger partial charge in [-0.2, -0.15) is 0 Å². The predicted molar refractivity (Wildman–Crippen MR) is 91.5 cm³/mol. The topological polar surface area (TPSA) is 57.6 Å². The summed E-state index contributed by atoms with van der Waals surface area (Å²) in [6.45, 7) is 1.10. The molecule has 2 fully saturated rings. The van der Waals surface area contributed by atoms with Gasteiger partial charge in [0, 0.05) is 13.1 Å². The summed E-state index contributed by atoms with van der Waals surface area (Å²) in [5.41, 5.74) is 0.932. The van der Waals surface area contributed by atoms with Gasteiger partial charge in [-0.15, -0.1) is 0 Å². The summed E-state index contributed by atoms with van der Waals surface area (Å²) in [5, 5.41) is 10.3. The van der Waals surface area contributed by atoms with Gasteiger partial charge in [-0.3, -0.25) is 0 Å². The van der Waals surface area contributed by atoms with E-state index < -0.39 is 16.1 Å². The summed E-state index contributed by atoms with van der Waals surface area (Å²) in [4.78, 5) is 0. The third-order valence-electron chi connectivity index (χ3n) is 5.42. The molecule has 4 nitrogen and oxygen atoms in total. The molecule has 1 aliphatic heterocycles. The maximum absolute atomic E-state index is 12.8. The molecule has 0 aromatic heterocycles. The van der Waals surface area contributed by atoms with Crippen LogP contribution in [0.4, 0.5) is 0 Å². The van der Waals surface area contributed by atoms with Crippen molar-refractivity contribution in [3.05, 3.63) is 35.9 Å². The molecule has 1 saturated heterocycles. The normalized spacial score (nSPS) is 23.7. The van der Waals surface area contributed by atoms with E-state index >= 15 is 0 Å². The Kier molecular flexibility index (Phi) is 5.39. The number of nitrogens with zero attached hydrogens (tertiary/aromatic N) is 1. The minimum atomic E-state index is -3.15. The van der Waals surface area contributed by atoms with Gasteiger partial charge in [0.15, 0.2) is 0 Å². The van der Waals surface area contributed by atoms with Gasteiger partial charge in [-0.1, -0.05) is 49.6 Å². The number of piperidine rings is 1. The molecule has 1 N–H and O–H groups in total. The van der Waals surface area contributed by atoms with Crippen LogP contribution >= 0.6 is 0 Å². The average Bonchev–Trinajstić information content (AvgIpc) is 2.63. The Morgan fingerprint density at radius 1 is 0.957 bits per heavy atom. The molecule has 1 unspecified atom stereocenters. The first-order valence-corrected chi connectivity index (χ1v) is 10.3. The standard InChI is InChI=1S/C18H27NO3S/c20-18(15-7-3-1-4-8-15)16-11-13-19(14-12-16)23(21,22)17-9-5-2-6-10-17/h1,3-4,7-8,16-18,20H,2,5-6,9-14H2. The lowest BCUT2D eigenvalue weighted by molar-refractivity contribution is 0.0758. The Balaban J connectivity index is 1.59. The molecule has 128 valence electrons. The number of aliphatic hydroxyl groups excluding tert-OH is 1. The van der Waals surface area contributed by atoms with E-state index in [2.05, 4.69) is 0 Å². The molecule has 1 aliphatic carbocycles. The van der Waals surface area contributed by atoms with Gasteiger partial charge in [0.25, 0.3) is 0 Å². The van der Waals surface area contributed by atoms with Crippen molar-refractivity contribution < 1.29 is 13.5 Å². The van der Waals surface area contributed by atoms with Gasteiger partial charge in [0.2, 0.25) is 10.0 Å². The minimum Gasteiger partial charge on any atom is -0.388 e.